The highest BCUT2D eigenvalue weighted by atomic mass is 16.4. The number of aromatic carboxylic acids is 1. The van der Waals surface area contributed by atoms with Crippen molar-refractivity contribution in [2.45, 2.75) is 0 Å². The Morgan fingerprint density at radius 3 is 2.48 bits per heavy atom. The Labute approximate surface area is 153 Å². The van der Waals surface area contributed by atoms with Gasteiger partial charge in [0.25, 0.3) is 5.56 Å². The van der Waals surface area contributed by atoms with E-state index in [0.717, 1.165) is 16.3 Å². The minimum Gasteiger partial charge on any atom is -0.478 e. The molecular formula is C20H14N4O3. The number of H-pyrrole nitrogens is 2. The Morgan fingerprint density at radius 2 is 1.67 bits per heavy atom. The Balaban J connectivity index is 1.74. The molecule has 0 aliphatic heterocycles. The van der Waals surface area contributed by atoms with E-state index in [9.17, 15) is 9.59 Å². The van der Waals surface area contributed by atoms with Crippen molar-refractivity contribution in [3.63, 3.8) is 0 Å². The topological polar surface area (TPSA) is 111 Å². The molecule has 0 bridgehead atoms. The number of hydrogen-bond donors (Lipinski definition) is 3. The van der Waals surface area contributed by atoms with Gasteiger partial charge in [-0.1, -0.05) is 42.5 Å². The predicted molar refractivity (Wildman–Crippen MR) is 102 cm³/mol. The SMILES string of the molecule is O=C(O)c1cccc(N=Nc2c(-c3ccc4ccccc4c3)[nH][nH]c2=O)c1. The Bertz CT molecular complexity index is 1240. The van der Waals surface area contributed by atoms with Crippen LogP contribution in [0.15, 0.2) is 81.8 Å². The first-order valence-corrected chi connectivity index (χ1v) is 8.17. The quantitative estimate of drug-likeness (QED) is 0.462. The van der Waals surface area contributed by atoms with Crippen molar-refractivity contribution in [3.05, 3.63) is 82.6 Å². The summed E-state index contributed by atoms with van der Waals surface area (Å²) in [5, 5.41) is 24.6. The first-order chi connectivity index (χ1) is 13.1. The first-order valence-electron chi connectivity index (χ1n) is 8.17. The molecule has 0 radical (unpaired) electrons. The van der Waals surface area contributed by atoms with Crippen LogP contribution in [-0.2, 0) is 0 Å². The van der Waals surface area contributed by atoms with Crippen LogP contribution in [0.5, 0.6) is 0 Å². The number of carbonyl (C=O) groups is 1. The van der Waals surface area contributed by atoms with Gasteiger partial charge in [0.2, 0.25) is 0 Å². The van der Waals surface area contributed by atoms with Gasteiger partial charge in [0.05, 0.1) is 16.9 Å². The van der Waals surface area contributed by atoms with E-state index in [1.807, 2.05) is 42.5 Å². The van der Waals surface area contributed by atoms with Gasteiger partial charge in [-0.25, -0.2) is 4.79 Å². The molecule has 27 heavy (non-hydrogen) atoms. The zero-order valence-corrected chi connectivity index (χ0v) is 14.0. The molecule has 0 saturated carbocycles. The molecule has 0 fully saturated rings. The molecule has 0 amide bonds. The van der Waals surface area contributed by atoms with Crippen molar-refractivity contribution in [3.8, 4) is 11.3 Å². The molecule has 0 atom stereocenters. The summed E-state index contributed by atoms with van der Waals surface area (Å²) in [6.07, 6.45) is 0. The summed E-state index contributed by atoms with van der Waals surface area (Å²) in [4.78, 5) is 23.2. The van der Waals surface area contributed by atoms with Crippen LogP contribution in [-0.4, -0.2) is 21.3 Å². The molecule has 0 aliphatic rings. The smallest absolute Gasteiger partial charge is 0.335 e. The van der Waals surface area contributed by atoms with E-state index in [4.69, 9.17) is 5.11 Å². The summed E-state index contributed by atoms with van der Waals surface area (Å²) in [6, 6.07) is 19.8. The van der Waals surface area contributed by atoms with E-state index in [1.165, 1.54) is 12.1 Å². The molecule has 132 valence electrons. The zero-order valence-electron chi connectivity index (χ0n) is 14.0. The third-order valence-corrected chi connectivity index (χ3v) is 4.15. The maximum Gasteiger partial charge on any atom is 0.335 e. The third kappa shape index (κ3) is 3.25. The third-order valence-electron chi connectivity index (χ3n) is 4.15. The number of carboxylic acid groups (broad SMARTS) is 1. The zero-order chi connectivity index (χ0) is 18.8. The van der Waals surface area contributed by atoms with E-state index >= 15 is 0 Å². The summed E-state index contributed by atoms with van der Waals surface area (Å²) in [7, 11) is 0. The van der Waals surface area contributed by atoms with Crippen LogP contribution in [0.1, 0.15) is 10.4 Å². The fraction of sp³-hybridized carbons (Fsp3) is 0. The molecule has 4 aromatic rings. The molecule has 7 heteroatoms. The largest absolute Gasteiger partial charge is 0.478 e. The number of nitrogens with zero attached hydrogens (tertiary/aromatic N) is 2. The van der Waals surface area contributed by atoms with E-state index in [1.54, 1.807) is 12.1 Å². The van der Waals surface area contributed by atoms with Crippen molar-refractivity contribution in [2.24, 2.45) is 10.2 Å². The molecular weight excluding hydrogens is 344 g/mol. The molecule has 0 saturated heterocycles. The van der Waals surface area contributed by atoms with Crippen LogP contribution in [0.3, 0.4) is 0 Å². The van der Waals surface area contributed by atoms with Crippen molar-refractivity contribution in [1.82, 2.24) is 10.2 Å². The molecule has 4 rings (SSSR count). The number of carboxylic acids is 1. The second-order valence-corrected chi connectivity index (χ2v) is 5.92. The maximum absolute atomic E-state index is 12.1. The van der Waals surface area contributed by atoms with Gasteiger partial charge in [-0.3, -0.25) is 15.0 Å². The van der Waals surface area contributed by atoms with Gasteiger partial charge in [0, 0.05) is 5.56 Å². The molecule has 1 aromatic heterocycles. The van der Waals surface area contributed by atoms with Crippen molar-refractivity contribution < 1.29 is 9.90 Å². The van der Waals surface area contributed by atoms with Crippen LogP contribution >= 0.6 is 0 Å². The number of fused-ring (bicyclic) bond motifs is 1. The van der Waals surface area contributed by atoms with E-state index in [-0.39, 0.29) is 11.3 Å². The molecule has 3 aromatic carbocycles. The summed E-state index contributed by atoms with van der Waals surface area (Å²) in [5.74, 6) is -1.05. The van der Waals surface area contributed by atoms with Crippen LogP contribution in [0.4, 0.5) is 11.4 Å². The van der Waals surface area contributed by atoms with Crippen LogP contribution in [0.2, 0.25) is 0 Å². The summed E-state index contributed by atoms with van der Waals surface area (Å²) < 4.78 is 0. The number of benzene rings is 3. The van der Waals surface area contributed by atoms with Gasteiger partial charge >= 0.3 is 5.97 Å². The fourth-order valence-corrected chi connectivity index (χ4v) is 2.81. The minimum absolute atomic E-state index is 0.101. The second kappa shape index (κ2) is 6.72. The van der Waals surface area contributed by atoms with Gasteiger partial charge in [-0.05, 0) is 35.0 Å². The summed E-state index contributed by atoms with van der Waals surface area (Å²) in [5.41, 5.74) is 1.48. The number of nitrogens with one attached hydrogen (secondary N) is 2. The van der Waals surface area contributed by atoms with E-state index in [0.29, 0.717) is 11.4 Å². The summed E-state index contributed by atoms with van der Waals surface area (Å²) >= 11 is 0. The second-order valence-electron chi connectivity index (χ2n) is 5.92. The van der Waals surface area contributed by atoms with Crippen LogP contribution in [0, 0.1) is 0 Å². The number of hydrogen-bond acceptors (Lipinski definition) is 4. The standard InChI is InChI=1S/C20H14N4O3/c25-19-18(23-21-16-7-3-6-15(11-16)20(26)27)17(22-24-19)14-9-8-12-4-1-2-5-13(12)10-14/h1-11H,(H,26,27)(H2,22,24,25). The average Bonchev–Trinajstić information content (AvgIpc) is 3.06. The van der Waals surface area contributed by atoms with Gasteiger partial charge < -0.3 is 5.11 Å². The lowest BCUT2D eigenvalue weighted by molar-refractivity contribution is 0.0697. The molecule has 0 spiro atoms. The number of azo groups is 1. The lowest BCUT2D eigenvalue weighted by atomic mass is 10.0. The van der Waals surface area contributed by atoms with Gasteiger partial charge in [-0.2, -0.15) is 5.11 Å². The predicted octanol–water partition coefficient (Wildman–Crippen LogP) is 4.64. The average molecular weight is 358 g/mol. The monoisotopic (exact) mass is 358 g/mol. The lowest BCUT2D eigenvalue weighted by Gasteiger charge is -2.02. The molecule has 0 aliphatic carbocycles. The number of aromatic amines is 2. The highest BCUT2D eigenvalue weighted by molar-refractivity contribution is 5.89. The summed E-state index contributed by atoms with van der Waals surface area (Å²) in [6.45, 7) is 0. The minimum atomic E-state index is -1.05. The number of rotatable bonds is 4. The Hall–Kier alpha value is -4.00. The first kappa shape index (κ1) is 16.5. The lowest BCUT2D eigenvalue weighted by Crippen LogP contribution is -1.96. The van der Waals surface area contributed by atoms with Crippen molar-refractivity contribution in [1.29, 1.82) is 0 Å². The molecule has 7 nitrogen and oxygen atoms in total. The fourth-order valence-electron chi connectivity index (χ4n) is 2.81. The molecule has 3 N–H and O–H groups in total. The highest BCUT2D eigenvalue weighted by Gasteiger charge is 2.12. The van der Waals surface area contributed by atoms with Crippen molar-refractivity contribution in [2.75, 3.05) is 0 Å². The highest BCUT2D eigenvalue weighted by Crippen LogP contribution is 2.29. The van der Waals surface area contributed by atoms with Crippen LogP contribution in [0.25, 0.3) is 22.0 Å². The molecule has 0 unspecified atom stereocenters. The van der Waals surface area contributed by atoms with Gasteiger partial charge in [0.15, 0.2) is 5.69 Å². The number of aromatic nitrogens is 2. The maximum atomic E-state index is 12.1. The van der Waals surface area contributed by atoms with Gasteiger partial charge in [0.1, 0.15) is 0 Å². The van der Waals surface area contributed by atoms with Gasteiger partial charge in [-0.15, -0.1) is 5.11 Å². The Morgan fingerprint density at radius 1 is 0.852 bits per heavy atom. The Kier molecular flexibility index (Phi) is 4.10. The van der Waals surface area contributed by atoms with E-state index in [2.05, 4.69) is 20.4 Å². The van der Waals surface area contributed by atoms with Crippen molar-refractivity contribution >= 4 is 28.1 Å². The van der Waals surface area contributed by atoms with E-state index < -0.39 is 11.5 Å². The normalized spacial score (nSPS) is 11.3. The van der Waals surface area contributed by atoms with Crippen LogP contribution < -0.4 is 5.56 Å². The molecule has 1 heterocycles.